The second-order valence-corrected chi connectivity index (χ2v) is 8.08. The van der Waals surface area contributed by atoms with Gasteiger partial charge in [-0.15, -0.1) is 0 Å². The summed E-state index contributed by atoms with van der Waals surface area (Å²) in [7, 11) is 0. The molecule has 1 saturated carbocycles. The average molecular weight is 402 g/mol. The Labute approximate surface area is 177 Å². The van der Waals surface area contributed by atoms with Crippen LogP contribution in [0.5, 0.6) is 0 Å². The van der Waals surface area contributed by atoms with Crippen molar-refractivity contribution in [3.05, 3.63) is 83.2 Å². The van der Waals surface area contributed by atoms with E-state index >= 15 is 0 Å². The van der Waals surface area contributed by atoms with E-state index in [1.54, 1.807) is 0 Å². The van der Waals surface area contributed by atoms with E-state index < -0.39 is 0 Å². The van der Waals surface area contributed by atoms with Crippen LogP contribution in [0.1, 0.15) is 53.1 Å². The smallest absolute Gasteiger partial charge is 0.251 e. The predicted octanol–water partition coefficient (Wildman–Crippen LogP) is 4.93. The number of amides is 2. The van der Waals surface area contributed by atoms with Crippen LogP contribution in [0.4, 0.5) is 5.69 Å². The molecular formula is C25H27N3O2. The molecule has 1 aliphatic rings. The third-order valence-corrected chi connectivity index (χ3v) is 5.63. The third-order valence-electron chi connectivity index (χ3n) is 5.63. The van der Waals surface area contributed by atoms with Gasteiger partial charge < -0.3 is 15.2 Å². The summed E-state index contributed by atoms with van der Waals surface area (Å²) in [4.78, 5) is 24.5. The Morgan fingerprint density at radius 3 is 2.07 bits per heavy atom. The molecule has 2 amide bonds. The highest BCUT2D eigenvalue weighted by molar-refractivity contribution is 5.95. The summed E-state index contributed by atoms with van der Waals surface area (Å²) >= 11 is 0. The lowest BCUT2D eigenvalue weighted by molar-refractivity contribution is -0.117. The van der Waals surface area contributed by atoms with Crippen LogP contribution in [-0.4, -0.2) is 16.4 Å². The average Bonchev–Trinajstić information content (AvgIpc) is 3.54. The molecule has 1 aromatic heterocycles. The lowest BCUT2D eigenvalue weighted by Crippen LogP contribution is -2.26. The third kappa shape index (κ3) is 4.30. The van der Waals surface area contributed by atoms with Gasteiger partial charge in [0, 0.05) is 34.2 Å². The van der Waals surface area contributed by atoms with Gasteiger partial charge in [0.1, 0.15) is 0 Å². The van der Waals surface area contributed by atoms with Crippen molar-refractivity contribution in [3.63, 3.8) is 0 Å². The quantitative estimate of drug-likeness (QED) is 0.615. The van der Waals surface area contributed by atoms with Crippen molar-refractivity contribution in [2.24, 2.45) is 5.92 Å². The maximum atomic E-state index is 12.7. The molecule has 3 aromatic rings. The molecule has 2 aromatic carbocycles. The van der Waals surface area contributed by atoms with Crippen molar-refractivity contribution in [1.82, 2.24) is 9.88 Å². The van der Waals surface area contributed by atoms with Crippen molar-refractivity contribution in [3.8, 4) is 5.69 Å². The minimum absolute atomic E-state index is 0.0952. The summed E-state index contributed by atoms with van der Waals surface area (Å²) in [5.74, 6) is 0.165. The highest BCUT2D eigenvalue weighted by Gasteiger charge is 2.29. The first kappa shape index (κ1) is 20.0. The molecule has 1 atom stereocenters. The van der Waals surface area contributed by atoms with Crippen LogP contribution in [0.15, 0.2) is 60.7 Å². The van der Waals surface area contributed by atoms with E-state index in [0.29, 0.717) is 5.56 Å². The fourth-order valence-electron chi connectivity index (χ4n) is 3.65. The van der Waals surface area contributed by atoms with Gasteiger partial charge in [-0.2, -0.15) is 0 Å². The summed E-state index contributed by atoms with van der Waals surface area (Å²) in [6.07, 6.45) is 1.97. The highest BCUT2D eigenvalue weighted by atomic mass is 16.2. The van der Waals surface area contributed by atoms with Gasteiger partial charge in [0.25, 0.3) is 5.91 Å². The molecule has 1 fully saturated rings. The number of carbonyl (C=O) groups excluding carboxylic acids is 2. The van der Waals surface area contributed by atoms with Crippen molar-refractivity contribution in [1.29, 1.82) is 0 Å². The molecule has 30 heavy (non-hydrogen) atoms. The summed E-state index contributed by atoms with van der Waals surface area (Å²) in [5.41, 5.74) is 5.78. The standard InChI is InChI=1S/C25H27N3O2/c1-16-4-5-17(2)28(16)23-14-10-21(11-15-23)24(29)26-18(3)19-8-12-22(13-9-19)27-25(30)20-6-7-20/h4-5,8-15,18,20H,6-7H2,1-3H3,(H,26,29)(H,27,30). The molecule has 0 saturated heterocycles. The number of nitrogens with zero attached hydrogens (tertiary/aromatic N) is 1. The SMILES string of the molecule is Cc1ccc(C)n1-c1ccc(C(=O)NC(C)c2ccc(NC(=O)C3CC3)cc2)cc1. The molecule has 4 rings (SSSR count). The monoisotopic (exact) mass is 401 g/mol. The topological polar surface area (TPSA) is 63.1 Å². The number of hydrogen-bond donors (Lipinski definition) is 2. The van der Waals surface area contributed by atoms with Crippen LogP contribution in [-0.2, 0) is 4.79 Å². The van der Waals surface area contributed by atoms with E-state index in [-0.39, 0.29) is 23.8 Å². The molecule has 0 radical (unpaired) electrons. The summed E-state index contributed by atoms with van der Waals surface area (Å²) in [6, 6.07) is 19.3. The molecule has 1 unspecified atom stereocenters. The van der Waals surface area contributed by atoms with E-state index in [4.69, 9.17) is 0 Å². The molecule has 2 N–H and O–H groups in total. The first-order chi connectivity index (χ1) is 14.4. The van der Waals surface area contributed by atoms with Gasteiger partial charge in [0.05, 0.1) is 6.04 Å². The minimum atomic E-state index is -0.140. The molecular weight excluding hydrogens is 374 g/mol. The van der Waals surface area contributed by atoms with Gasteiger partial charge in [0.15, 0.2) is 0 Å². The second kappa shape index (κ2) is 8.19. The molecule has 0 spiro atoms. The van der Waals surface area contributed by atoms with E-state index in [2.05, 4.69) is 41.2 Å². The van der Waals surface area contributed by atoms with Crippen molar-refractivity contribution < 1.29 is 9.59 Å². The number of aromatic nitrogens is 1. The number of anilines is 1. The molecule has 5 heteroatoms. The Kier molecular flexibility index (Phi) is 5.44. The largest absolute Gasteiger partial charge is 0.346 e. The maximum Gasteiger partial charge on any atom is 0.251 e. The molecule has 0 aliphatic heterocycles. The van der Waals surface area contributed by atoms with Gasteiger partial charge in [-0.1, -0.05) is 12.1 Å². The molecule has 1 aliphatic carbocycles. The Morgan fingerprint density at radius 2 is 1.50 bits per heavy atom. The maximum absolute atomic E-state index is 12.7. The lowest BCUT2D eigenvalue weighted by atomic mass is 10.1. The van der Waals surface area contributed by atoms with Crippen LogP contribution < -0.4 is 10.6 Å². The summed E-state index contributed by atoms with van der Waals surface area (Å²) in [6.45, 7) is 6.09. The van der Waals surface area contributed by atoms with Crippen LogP contribution in [0.25, 0.3) is 5.69 Å². The van der Waals surface area contributed by atoms with Crippen molar-refractivity contribution >= 4 is 17.5 Å². The Balaban J connectivity index is 1.38. The molecule has 1 heterocycles. The fourth-order valence-corrected chi connectivity index (χ4v) is 3.65. The first-order valence-electron chi connectivity index (χ1n) is 10.4. The number of hydrogen-bond acceptors (Lipinski definition) is 2. The lowest BCUT2D eigenvalue weighted by Gasteiger charge is -2.16. The highest BCUT2D eigenvalue weighted by Crippen LogP contribution is 2.30. The Bertz CT molecular complexity index is 1040. The van der Waals surface area contributed by atoms with Crippen LogP contribution in [0, 0.1) is 19.8 Å². The second-order valence-electron chi connectivity index (χ2n) is 8.08. The molecule has 5 nitrogen and oxygen atoms in total. The van der Waals surface area contributed by atoms with Gasteiger partial charge in [0.2, 0.25) is 5.91 Å². The zero-order valence-electron chi connectivity index (χ0n) is 17.6. The molecule has 0 bridgehead atoms. The number of aryl methyl sites for hydroxylation is 2. The van der Waals surface area contributed by atoms with E-state index in [0.717, 1.165) is 41.2 Å². The summed E-state index contributed by atoms with van der Waals surface area (Å²) in [5, 5.41) is 5.98. The zero-order valence-corrected chi connectivity index (χ0v) is 17.6. The van der Waals surface area contributed by atoms with Gasteiger partial charge in [-0.3, -0.25) is 9.59 Å². The van der Waals surface area contributed by atoms with Crippen LogP contribution in [0.2, 0.25) is 0 Å². The Morgan fingerprint density at radius 1 is 0.900 bits per heavy atom. The van der Waals surface area contributed by atoms with E-state index in [9.17, 15) is 9.59 Å². The normalized spacial score (nSPS) is 14.2. The predicted molar refractivity (Wildman–Crippen MR) is 119 cm³/mol. The number of benzene rings is 2. The van der Waals surface area contributed by atoms with Gasteiger partial charge in [-0.25, -0.2) is 0 Å². The summed E-state index contributed by atoms with van der Waals surface area (Å²) < 4.78 is 2.16. The number of nitrogens with one attached hydrogen (secondary N) is 2. The zero-order chi connectivity index (χ0) is 21.3. The first-order valence-corrected chi connectivity index (χ1v) is 10.4. The van der Waals surface area contributed by atoms with E-state index in [1.165, 1.54) is 0 Å². The van der Waals surface area contributed by atoms with Crippen molar-refractivity contribution in [2.45, 2.75) is 39.7 Å². The Hall–Kier alpha value is -3.34. The number of carbonyl (C=O) groups is 2. The van der Waals surface area contributed by atoms with Gasteiger partial charge in [-0.05, 0) is 87.7 Å². The van der Waals surface area contributed by atoms with Crippen molar-refractivity contribution in [2.75, 3.05) is 5.32 Å². The molecule has 154 valence electrons. The number of rotatable bonds is 6. The fraction of sp³-hybridized carbons (Fsp3) is 0.280. The van der Waals surface area contributed by atoms with Crippen LogP contribution in [0.3, 0.4) is 0 Å². The van der Waals surface area contributed by atoms with Gasteiger partial charge >= 0.3 is 0 Å². The minimum Gasteiger partial charge on any atom is -0.346 e. The van der Waals surface area contributed by atoms with Crippen LogP contribution >= 0.6 is 0 Å². The van der Waals surface area contributed by atoms with E-state index in [1.807, 2.05) is 55.5 Å².